The van der Waals surface area contributed by atoms with Crippen molar-refractivity contribution in [2.75, 3.05) is 19.8 Å². The van der Waals surface area contributed by atoms with E-state index in [0.29, 0.717) is 0 Å². The molecule has 0 aliphatic carbocycles. The van der Waals surface area contributed by atoms with Crippen molar-refractivity contribution in [3.05, 3.63) is 0 Å². The molecule has 1 heterocycles. The first-order valence-electron chi connectivity index (χ1n) is 4.05. The first-order chi connectivity index (χ1) is 6.65. The fourth-order valence-electron chi connectivity index (χ4n) is 1.06. The van der Waals surface area contributed by atoms with Gasteiger partial charge in [0.05, 0.1) is 0 Å². The summed E-state index contributed by atoms with van der Waals surface area (Å²) in [5, 5.41) is 0. The molecular weight excluding hydrogens is 190 g/mol. The third-order valence-electron chi connectivity index (χ3n) is 1.78. The Kier molecular flexibility index (Phi) is 3.55. The molecule has 3 N–H and O–H groups in total. The van der Waals surface area contributed by atoms with Crippen LogP contribution in [0.3, 0.4) is 0 Å². The number of hydrogen-bond donors (Lipinski definition) is 2. The Morgan fingerprint density at radius 3 is 2.50 bits per heavy atom. The van der Waals surface area contributed by atoms with Crippen LogP contribution in [0.2, 0.25) is 0 Å². The van der Waals surface area contributed by atoms with E-state index in [0.717, 1.165) is 4.90 Å². The lowest BCUT2D eigenvalue weighted by Gasteiger charge is -2.24. The Labute approximate surface area is 80.1 Å². The second-order valence-corrected chi connectivity index (χ2v) is 2.75. The van der Waals surface area contributed by atoms with E-state index in [2.05, 4.69) is 0 Å². The number of hydrazine groups is 1. The van der Waals surface area contributed by atoms with Crippen LogP contribution >= 0.6 is 0 Å². The Bertz CT molecular complexity index is 250. The van der Waals surface area contributed by atoms with Crippen LogP contribution in [-0.4, -0.2) is 42.4 Å². The van der Waals surface area contributed by atoms with Gasteiger partial charge < -0.3 is 4.74 Å². The third-order valence-corrected chi connectivity index (χ3v) is 1.78. The molecule has 7 heteroatoms. The van der Waals surface area contributed by atoms with Crippen molar-refractivity contribution in [3.63, 3.8) is 0 Å². The second-order valence-electron chi connectivity index (χ2n) is 2.75. The van der Waals surface area contributed by atoms with E-state index in [4.69, 9.17) is 10.6 Å². The van der Waals surface area contributed by atoms with Crippen molar-refractivity contribution >= 4 is 17.7 Å². The van der Waals surface area contributed by atoms with Crippen molar-refractivity contribution in [1.82, 2.24) is 10.3 Å². The normalized spacial score (nSPS) is 17.1. The molecule has 14 heavy (non-hydrogen) atoms. The van der Waals surface area contributed by atoms with E-state index in [1.165, 1.54) is 0 Å². The average molecular weight is 201 g/mol. The molecule has 1 aliphatic rings. The van der Waals surface area contributed by atoms with Gasteiger partial charge in [0.1, 0.15) is 13.2 Å². The highest BCUT2D eigenvalue weighted by molar-refractivity contribution is 5.98. The maximum atomic E-state index is 11.1. The van der Waals surface area contributed by atoms with Crippen molar-refractivity contribution in [2.24, 2.45) is 5.84 Å². The fourth-order valence-corrected chi connectivity index (χ4v) is 1.06. The molecule has 1 fully saturated rings. The van der Waals surface area contributed by atoms with Gasteiger partial charge in [-0.1, -0.05) is 0 Å². The molecule has 1 aliphatic heterocycles. The van der Waals surface area contributed by atoms with E-state index >= 15 is 0 Å². The van der Waals surface area contributed by atoms with Gasteiger partial charge in [0.2, 0.25) is 5.91 Å². The van der Waals surface area contributed by atoms with Gasteiger partial charge in [0.25, 0.3) is 11.8 Å². The summed E-state index contributed by atoms with van der Waals surface area (Å²) in [7, 11) is 0. The summed E-state index contributed by atoms with van der Waals surface area (Å²) < 4.78 is 4.69. The summed E-state index contributed by atoms with van der Waals surface area (Å²) in [5.41, 5.74) is 1.91. The highest BCUT2D eigenvalue weighted by Crippen LogP contribution is 2.01. The first kappa shape index (κ1) is 10.6. The molecule has 0 aromatic rings. The fraction of sp³-hybridized carbons (Fsp3) is 0.571. The van der Waals surface area contributed by atoms with E-state index < -0.39 is 17.7 Å². The molecule has 0 unspecified atom stereocenters. The highest BCUT2D eigenvalue weighted by Gasteiger charge is 2.26. The minimum absolute atomic E-state index is 0.00792. The maximum Gasteiger partial charge on any atom is 0.255 e. The van der Waals surface area contributed by atoms with Crippen molar-refractivity contribution in [2.45, 2.75) is 6.42 Å². The van der Waals surface area contributed by atoms with Crippen LogP contribution in [0.15, 0.2) is 0 Å². The van der Waals surface area contributed by atoms with Crippen LogP contribution < -0.4 is 11.3 Å². The van der Waals surface area contributed by atoms with Gasteiger partial charge in [-0.05, 0) is 0 Å². The molecule has 1 saturated heterocycles. The SMILES string of the molecule is NNC(=O)CCN1C(=O)COCC1=O. The Balaban J connectivity index is 2.44. The lowest BCUT2D eigenvalue weighted by Crippen LogP contribution is -2.47. The summed E-state index contributed by atoms with van der Waals surface area (Å²) in [4.78, 5) is 34.0. The molecule has 1 rings (SSSR count). The number of ether oxygens (including phenoxy) is 1. The smallest absolute Gasteiger partial charge is 0.255 e. The number of nitrogens with zero attached hydrogens (tertiary/aromatic N) is 1. The molecule has 3 amide bonds. The number of rotatable bonds is 3. The van der Waals surface area contributed by atoms with Crippen molar-refractivity contribution in [3.8, 4) is 0 Å². The minimum atomic E-state index is -0.425. The zero-order valence-electron chi connectivity index (χ0n) is 7.49. The monoisotopic (exact) mass is 201 g/mol. The van der Waals surface area contributed by atoms with Crippen molar-refractivity contribution in [1.29, 1.82) is 0 Å². The highest BCUT2D eigenvalue weighted by atomic mass is 16.5. The summed E-state index contributed by atoms with van der Waals surface area (Å²) in [6, 6.07) is 0. The van der Waals surface area contributed by atoms with Crippen LogP contribution in [0, 0.1) is 0 Å². The second kappa shape index (κ2) is 4.68. The summed E-state index contributed by atoms with van der Waals surface area (Å²) >= 11 is 0. The van der Waals surface area contributed by atoms with Crippen LogP contribution in [0.1, 0.15) is 6.42 Å². The predicted octanol–water partition coefficient (Wildman–Crippen LogP) is -2.25. The molecule has 0 bridgehead atoms. The number of carbonyl (C=O) groups excluding carboxylic acids is 3. The van der Waals surface area contributed by atoms with E-state index in [1.54, 1.807) is 0 Å². The predicted molar refractivity (Wildman–Crippen MR) is 44.5 cm³/mol. The Morgan fingerprint density at radius 1 is 1.43 bits per heavy atom. The molecule has 0 atom stereocenters. The largest absolute Gasteiger partial charge is 0.362 e. The van der Waals surface area contributed by atoms with E-state index in [1.807, 2.05) is 5.43 Å². The van der Waals surface area contributed by atoms with Crippen LogP contribution in [0.25, 0.3) is 0 Å². The molecule has 0 saturated carbocycles. The van der Waals surface area contributed by atoms with Gasteiger partial charge in [0, 0.05) is 13.0 Å². The number of carbonyl (C=O) groups is 3. The zero-order valence-corrected chi connectivity index (χ0v) is 7.49. The number of morpholine rings is 1. The van der Waals surface area contributed by atoms with Crippen LogP contribution in [-0.2, 0) is 19.1 Å². The Morgan fingerprint density at radius 2 is 2.00 bits per heavy atom. The number of imide groups is 1. The van der Waals surface area contributed by atoms with Crippen LogP contribution in [0.4, 0.5) is 0 Å². The summed E-state index contributed by atoms with van der Waals surface area (Å²) in [6.45, 7) is -0.184. The average Bonchev–Trinajstić information content (AvgIpc) is 2.16. The standard InChI is InChI=1S/C7H11N3O4/c8-9-5(11)1-2-10-6(12)3-14-4-7(10)13/h1-4,8H2,(H,9,11). The molecule has 78 valence electrons. The van der Waals surface area contributed by atoms with Gasteiger partial charge in [-0.15, -0.1) is 0 Å². The zero-order chi connectivity index (χ0) is 10.6. The number of amides is 3. The molecule has 0 radical (unpaired) electrons. The minimum Gasteiger partial charge on any atom is -0.362 e. The van der Waals surface area contributed by atoms with E-state index in [9.17, 15) is 14.4 Å². The summed E-state index contributed by atoms with van der Waals surface area (Å²) in [5.74, 6) is 3.58. The molecular formula is C7H11N3O4. The molecule has 0 spiro atoms. The molecule has 0 aromatic heterocycles. The third kappa shape index (κ3) is 2.51. The van der Waals surface area contributed by atoms with Crippen molar-refractivity contribution < 1.29 is 19.1 Å². The van der Waals surface area contributed by atoms with Gasteiger partial charge >= 0.3 is 0 Å². The Hall–Kier alpha value is -1.47. The quantitative estimate of drug-likeness (QED) is 0.232. The number of hydrogen-bond acceptors (Lipinski definition) is 5. The number of nitrogens with two attached hydrogens (primary N) is 1. The van der Waals surface area contributed by atoms with E-state index in [-0.39, 0.29) is 26.2 Å². The lowest BCUT2D eigenvalue weighted by atomic mass is 10.3. The van der Waals surface area contributed by atoms with Crippen LogP contribution in [0.5, 0.6) is 0 Å². The molecule has 7 nitrogen and oxygen atoms in total. The van der Waals surface area contributed by atoms with Gasteiger partial charge in [-0.25, -0.2) is 5.84 Å². The topological polar surface area (TPSA) is 102 Å². The molecule has 0 aromatic carbocycles. The summed E-state index contributed by atoms with van der Waals surface area (Å²) in [6.07, 6.45) is 0.00792. The van der Waals surface area contributed by atoms with Gasteiger partial charge in [0.15, 0.2) is 0 Å². The van der Waals surface area contributed by atoms with Gasteiger partial charge in [-0.2, -0.15) is 0 Å². The lowest BCUT2D eigenvalue weighted by molar-refractivity contribution is -0.158. The number of nitrogens with one attached hydrogen (secondary N) is 1. The first-order valence-corrected chi connectivity index (χ1v) is 4.05. The van der Waals surface area contributed by atoms with Gasteiger partial charge in [-0.3, -0.25) is 24.7 Å². The maximum absolute atomic E-state index is 11.1.